The summed E-state index contributed by atoms with van der Waals surface area (Å²) in [4.78, 5) is 2.26. The van der Waals surface area contributed by atoms with Crippen molar-refractivity contribution in [3.8, 4) is 0 Å². The third kappa shape index (κ3) is 2.49. The van der Waals surface area contributed by atoms with Gasteiger partial charge in [0.25, 0.3) is 0 Å². The van der Waals surface area contributed by atoms with Crippen molar-refractivity contribution >= 4 is 0 Å². The molecule has 0 amide bonds. The Bertz CT molecular complexity index is 437. The van der Waals surface area contributed by atoms with Gasteiger partial charge in [0.2, 0.25) is 0 Å². The van der Waals surface area contributed by atoms with Crippen LogP contribution in [-0.4, -0.2) is 51.6 Å². The van der Waals surface area contributed by atoms with Crippen molar-refractivity contribution in [1.29, 1.82) is 0 Å². The second-order valence-corrected chi connectivity index (χ2v) is 6.14. The average molecular weight is 277 g/mol. The van der Waals surface area contributed by atoms with Crippen LogP contribution < -0.4 is 0 Å². The Morgan fingerprint density at radius 2 is 1.85 bits per heavy atom. The molecule has 1 aromatic rings. The van der Waals surface area contributed by atoms with Gasteiger partial charge in [-0.25, -0.2) is 0 Å². The lowest BCUT2D eigenvalue weighted by molar-refractivity contribution is -0.0987. The van der Waals surface area contributed by atoms with Crippen LogP contribution in [0.3, 0.4) is 0 Å². The molecular formula is C16H23NO3. The molecule has 1 saturated carbocycles. The summed E-state index contributed by atoms with van der Waals surface area (Å²) in [5.41, 5.74) is 1.22. The minimum atomic E-state index is -0.702. The molecule has 20 heavy (non-hydrogen) atoms. The number of nitrogens with zero attached hydrogens (tertiary/aromatic N) is 1. The Kier molecular flexibility index (Phi) is 4.08. The summed E-state index contributed by atoms with van der Waals surface area (Å²) in [6, 6.07) is 10.2. The highest BCUT2D eigenvalue weighted by Crippen LogP contribution is 2.39. The molecule has 3 N–H and O–H groups in total. The van der Waals surface area contributed by atoms with Gasteiger partial charge in [-0.15, -0.1) is 0 Å². The van der Waals surface area contributed by atoms with E-state index >= 15 is 0 Å². The van der Waals surface area contributed by atoms with Crippen molar-refractivity contribution in [3.63, 3.8) is 0 Å². The zero-order valence-electron chi connectivity index (χ0n) is 11.6. The predicted molar refractivity (Wildman–Crippen MR) is 76.0 cm³/mol. The lowest BCUT2D eigenvalue weighted by atomic mass is 9.74. The van der Waals surface area contributed by atoms with Crippen molar-refractivity contribution in [2.24, 2.45) is 11.8 Å². The summed E-state index contributed by atoms with van der Waals surface area (Å²) in [6.45, 7) is 1.76. The van der Waals surface area contributed by atoms with Crippen LogP contribution in [0.5, 0.6) is 0 Å². The Balaban J connectivity index is 1.80. The van der Waals surface area contributed by atoms with E-state index in [9.17, 15) is 15.3 Å². The highest BCUT2D eigenvalue weighted by atomic mass is 16.3. The number of rotatable bonds is 3. The number of benzene rings is 1. The predicted octanol–water partition coefficient (Wildman–Crippen LogP) is 0.611. The van der Waals surface area contributed by atoms with Crippen molar-refractivity contribution in [1.82, 2.24) is 4.90 Å². The van der Waals surface area contributed by atoms with E-state index in [1.165, 1.54) is 5.56 Å². The van der Waals surface area contributed by atoms with Crippen LogP contribution in [0, 0.1) is 11.8 Å². The number of hydrogen-bond acceptors (Lipinski definition) is 4. The van der Waals surface area contributed by atoms with Gasteiger partial charge in [-0.3, -0.25) is 4.90 Å². The molecule has 2 heterocycles. The van der Waals surface area contributed by atoms with Crippen LogP contribution >= 0.6 is 0 Å². The molecular weight excluding hydrogens is 254 g/mol. The third-order valence-electron chi connectivity index (χ3n) is 5.01. The summed E-state index contributed by atoms with van der Waals surface area (Å²) in [7, 11) is 0. The van der Waals surface area contributed by atoms with E-state index in [1.54, 1.807) is 0 Å². The fourth-order valence-electron chi connectivity index (χ4n) is 3.86. The fourth-order valence-corrected chi connectivity index (χ4v) is 3.86. The fraction of sp³-hybridized carbons (Fsp3) is 0.625. The molecule has 0 unspecified atom stereocenters. The van der Waals surface area contributed by atoms with Gasteiger partial charge in [-0.1, -0.05) is 30.3 Å². The van der Waals surface area contributed by atoms with E-state index in [0.717, 1.165) is 25.9 Å². The maximum atomic E-state index is 10.3. The Hall–Kier alpha value is -0.940. The van der Waals surface area contributed by atoms with E-state index in [4.69, 9.17) is 0 Å². The molecule has 4 heteroatoms. The van der Waals surface area contributed by atoms with Crippen LogP contribution in [0.1, 0.15) is 18.4 Å². The maximum Gasteiger partial charge on any atom is 0.0956 e. The molecule has 1 aliphatic carbocycles. The highest BCUT2D eigenvalue weighted by molar-refractivity contribution is 5.15. The zero-order valence-corrected chi connectivity index (χ0v) is 11.6. The van der Waals surface area contributed by atoms with Crippen LogP contribution in [0.25, 0.3) is 0 Å². The monoisotopic (exact) mass is 277 g/mol. The average Bonchev–Trinajstić information content (AvgIpc) is 2.71. The zero-order chi connectivity index (χ0) is 14.1. The van der Waals surface area contributed by atoms with Gasteiger partial charge in [0.1, 0.15) is 0 Å². The lowest BCUT2D eigenvalue weighted by Gasteiger charge is -2.41. The summed E-state index contributed by atoms with van der Waals surface area (Å²) in [6.07, 6.45) is 0.208. The van der Waals surface area contributed by atoms with Gasteiger partial charge >= 0.3 is 0 Å². The van der Waals surface area contributed by atoms with Crippen molar-refractivity contribution in [2.45, 2.75) is 37.6 Å². The number of aliphatic hydroxyl groups is 3. The molecule has 2 saturated heterocycles. The smallest absolute Gasteiger partial charge is 0.0956 e. The molecule has 0 radical (unpaired) electrons. The largest absolute Gasteiger partial charge is 0.396 e. The van der Waals surface area contributed by atoms with Gasteiger partial charge in [-0.05, 0) is 36.8 Å². The van der Waals surface area contributed by atoms with Crippen LogP contribution in [-0.2, 0) is 6.54 Å². The summed E-state index contributed by atoms with van der Waals surface area (Å²) in [5, 5.41) is 30.1. The second kappa shape index (κ2) is 5.82. The van der Waals surface area contributed by atoms with Gasteiger partial charge in [0.15, 0.2) is 0 Å². The summed E-state index contributed by atoms with van der Waals surface area (Å²) < 4.78 is 0. The van der Waals surface area contributed by atoms with Gasteiger partial charge in [0, 0.05) is 19.2 Å². The van der Waals surface area contributed by atoms with E-state index in [2.05, 4.69) is 17.0 Å². The molecule has 4 nitrogen and oxygen atoms in total. The second-order valence-electron chi connectivity index (χ2n) is 6.14. The lowest BCUT2D eigenvalue weighted by Crippen LogP contribution is -2.53. The maximum absolute atomic E-state index is 10.3. The SMILES string of the molecule is OC[C@H]1C[C@@H]2[C@@H](O)[C@@H](O)[C@H]1CCN2Cc1ccccc1. The Labute approximate surface area is 119 Å². The summed E-state index contributed by atoms with van der Waals surface area (Å²) in [5.74, 6) is 0.131. The van der Waals surface area contributed by atoms with Crippen molar-refractivity contribution in [3.05, 3.63) is 35.9 Å². The number of fused-ring (bicyclic) bond motifs is 4. The minimum Gasteiger partial charge on any atom is -0.396 e. The molecule has 0 aromatic heterocycles. The van der Waals surface area contributed by atoms with Gasteiger partial charge < -0.3 is 15.3 Å². The molecule has 1 aromatic carbocycles. The Morgan fingerprint density at radius 1 is 1.10 bits per heavy atom. The van der Waals surface area contributed by atoms with Gasteiger partial charge in [0.05, 0.1) is 12.2 Å². The first-order chi connectivity index (χ1) is 9.70. The first kappa shape index (κ1) is 14.0. The minimum absolute atomic E-state index is 0.0204. The quantitative estimate of drug-likeness (QED) is 0.757. The molecule has 0 spiro atoms. The van der Waals surface area contributed by atoms with Crippen LogP contribution in [0.2, 0.25) is 0 Å². The van der Waals surface area contributed by atoms with E-state index in [0.29, 0.717) is 0 Å². The topological polar surface area (TPSA) is 63.9 Å². The van der Waals surface area contributed by atoms with E-state index in [-0.39, 0.29) is 24.5 Å². The molecule has 3 fully saturated rings. The summed E-state index contributed by atoms with van der Waals surface area (Å²) >= 11 is 0. The van der Waals surface area contributed by atoms with Crippen molar-refractivity contribution < 1.29 is 15.3 Å². The highest BCUT2D eigenvalue weighted by Gasteiger charge is 2.47. The molecule has 3 aliphatic rings. The van der Waals surface area contributed by atoms with E-state index < -0.39 is 12.2 Å². The van der Waals surface area contributed by atoms with Crippen LogP contribution in [0.4, 0.5) is 0 Å². The van der Waals surface area contributed by atoms with Crippen molar-refractivity contribution in [2.75, 3.05) is 13.2 Å². The molecule has 5 atom stereocenters. The number of hydrogen-bond donors (Lipinski definition) is 3. The third-order valence-corrected chi connectivity index (χ3v) is 5.01. The molecule has 110 valence electrons. The first-order valence-corrected chi connectivity index (χ1v) is 7.45. The molecule has 2 bridgehead atoms. The standard InChI is InChI=1S/C16H23NO3/c18-10-12-8-14-16(20)15(19)13(12)6-7-17(14)9-11-4-2-1-3-5-11/h1-5,12-16,18-20H,6-10H2/t12-,13+,14-,15+,16-/m1/s1. The molecule has 4 rings (SSSR count). The van der Waals surface area contributed by atoms with Crippen LogP contribution in [0.15, 0.2) is 30.3 Å². The molecule has 2 aliphatic heterocycles. The van der Waals surface area contributed by atoms with Gasteiger partial charge in [-0.2, -0.15) is 0 Å². The number of aliphatic hydroxyl groups excluding tert-OH is 3. The van der Waals surface area contributed by atoms with E-state index in [1.807, 2.05) is 18.2 Å². The first-order valence-electron chi connectivity index (χ1n) is 7.45. The Morgan fingerprint density at radius 3 is 2.55 bits per heavy atom. The normalized spacial score (nSPS) is 37.9.